The zero-order valence-corrected chi connectivity index (χ0v) is 20.9. The minimum atomic E-state index is -0.199. The normalized spacial score (nSPS) is 10.7. The van der Waals surface area contributed by atoms with E-state index in [1.54, 1.807) is 31.4 Å². The van der Waals surface area contributed by atoms with Crippen LogP contribution in [-0.2, 0) is 17.9 Å². The van der Waals surface area contributed by atoms with Crippen LogP contribution in [0, 0.1) is 13.8 Å². The molecule has 2 amide bonds. The highest BCUT2D eigenvalue weighted by molar-refractivity contribution is 7.99. The predicted molar refractivity (Wildman–Crippen MR) is 134 cm³/mol. The van der Waals surface area contributed by atoms with Crippen molar-refractivity contribution < 1.29 is 14.3 Å². The number of nitrogens with one attached hydrogen (secondary N) is 2. The van der Waals surface area contributed by atoms with Gasteiger partial charge in [-0.25, -0.2) is 0 Å². The maximum Gasteiger partial charge on any atom is 0.251 e. The number of anilines is 1. The van der Waals surface area contributed by atoms with E-state index >= 15 is 0 Å². The van der Waals surface area contributed by atoms with Crippen LogP contribution in [0.5, 0.6) is 5.75 Å². The van der Waals surface area contributed by atoms with Crippen LogP contribution in [0.4, 0.5) is 5.69 Å². The van der Waals surface area contributed by atoms with Crippen LogP contribution in [0.25, 0.3) is 0 Å². The average Bonchev–Trinajstić information content (AvgIpc) is 3.23. The van der Waals surface area contributed by atoms with Crippen molar-refractivity contribution in [3.63, 3.8) is 0 Å². The van der Waals surface area contributed by atoms with Crippen molar-refractivity contribution in [1.29, 1.82) is 0 Å². The van der Waals surface area contributed by atoms with Gasteiger partial charge in [0.05, 0.1) is 19.4 Å². The van der Waals surface area contributed by atoms with Gasteiger partial charge in [0.15, 0.2) is 11.0 Å². The van der Waals surface area contributed by atoms with Crippen molar-refractivity contribution in [2.24, 2.45) is 0 Å². The summed E-state index contributed by atoms with van der Waals surface area (Å²) in [5.74, 6) is 1.27. The van der Waals surface area contributed by atoms with E-state index in [-0.39, 0.29) is 24.1 Å². The number of amides is 2. The minimum Gasteiger partial charge on any atom is -0.497 e. The largest absolute Gasteiger partial charge is 0.497 e. The lowest BCUT2D eigenvalue weighted by Crippen LogP contribution is -2.25. The third kappa shape index (κ3) is 6.84. The summed E-state index contributed by atoms with van der Waals surface area (Å²) in [6, 6.07) is 12.9. The Morgan fingerprint density at radius 2 is 1.85 bits per heavy atom. The second-order valence-electron chi connectivity index (χ2n) is 7.97. The van der Waals surface area contributed by atoms with Crippen molar-refractivity contribution in [2.75, 3.05) is 18.2 Å². The smallest absolute Gasteiger partial charge is 0.251 e. The molecule has 0 bridgehead atoms. The molecule has 0 aliphatic heterocycles. The van der Waals surface area contributed by atoms with Crippen molar-refractivity contribution in [1.82, 2.24) is 20.1 Å². The van der Waals surface area contributed by atoms with E-state index in [0.29, 0.717) is 22.3 Å². The van der Waals surface area contributed by atoms with E-state index in [4.69, 9.17) is 4.74 Å². The Kier molecular flexibility index (Phi) is 9.09. The van der Waals surface area contributed by atoms with Gasteiger partial charge >= 0.3 is 0 Å². The second-order valence-corrected chi connectivity index (χ2v) is 8.91. The first-order chi connectivity index (χ1) is 16.4. The SMILES string of the molecule is CCCCn1c(CNC(=O)c2ccc(OC)cc2)nnc1SCC(=O)Nc1cc(C)ccc1C. The highest BCUT2D eigenvalue weighted by Gasteiger charge is 2.16. The number of benzene rings is 2. The number of nitrogens with zero attached hydrogens (tertiary/aromatic N) is 3. The summed E-state index contributed by atoms with van der Waals surface area (Å²) >= 11 is 1.34. The van der Waals surface area contributed by atoms with Gasteiger partial charge in [-0.05, 0) is 61.7 Å². The Hall–Kier alpha value is -3.33. The quantitative estimate of drug-likeness (QED) is 0.395. The van der Waals surface area contributed by atoms with E-state index in [2.05, 4.69) is 27.8 Å². The third-order valence-electron chi connectivity index (χ3n) is 5.29. The van der Waals surface area contributed by atoms with Crippen molar-refractivity contribution in [3.8, 4) is 5.75 Å². The molecule has 0 atom stereocenters. The van der Waals surface area contributed by atoms with E-state index in [0.717, 1.165) is 36.2 Å². The van der Waals surface area contributed by atoms with Crippen LogP contribution in [0.1, 0.15) is 47.1 Å². The van der Waals surface area contributed by atoms with Gasteiger partial charge < -0.3 is 19.9 Å². The fourth-order valence-electron chi connectivity index (χ4n) is 3.29. The van der Waals surface area contributed by atoms with Gasteiger partial charge in [0.2, 0.25) is 5.91 Å². The lowest BCUT2D eigenvalue weighted by molar-refractivity contribution is -0.113. The zero-order valence-electron chi connectivity index (χ0n) is 20.1. The minimum absolute atomic E-state index is 0.0990. The molecule has 2 N–H and O–H groups in total. The number of aryl methyl sites for hydroxylation is 2. The molecular weight excluding hydrogens is 450 g/mol. The molecular formula is C25H31N5O3S. The Labute approximate surface area is 204 Å². The summed E-state index contributed by atoms with van der Waals surface area (Å²) in [4.78, 5) is 25.1. The first kappa shape index (κ1) is 25.3. The Bertz CT molecular complexity index is 1130. The van der Waals surface area contributed by atoms with E-state index in [1.807, 2.05) is 36.6 Å². The Balaban J connectivity index is 1.62. The molecule has 0 saturated heterocycles. The maximum atomic E-state index is 12.5. The number of unbranched alkanes of at least 4 members (excludes halogenated alkanes) is 1. The summed E-state index contributed by atoms with van der Waals surface area (Å²) in [6.07, 6.45) is 1.95. The molecule has 0 radical (unpaired) electrons. The van der Waals surface area contributed by atoms with Crippen LogP contribution in [-0.4, -0.2) is 39.4 Å². The van der Waals surface area contributed by atoms with Crippen molar-refractivity contribution >= 4 is 29.3 Å². The van der Waals surface area contributed by atoms with Gasteiger partial charge in [-0.3, -0.25) is 9.59 Å². The number of hydrogen-bond acceptors (Lipinski definition) is 6. The number of hydrogen-bond donors (Lipinski definition) is 2. The molecule has 2 aromatic carbocycles. The fourth-order valence-corrected chi connectivity index (χ4v) is 4.07. The number of carbonyl (C=O) groups is 2. The molecule has 3 rings (SSSR count). The standard InChI is InChI=1S/C25H31N5O3S/c1-5-6-13-30-22(15-26-24(32)19-9-11-20(33-4)12-10-19)28-29-25(30)34-16-23(31)27-21-14-17(2)7-8-18(21)3/h7-12,14H,5-6,13,15-16H2,1-4H3,(H,26,32)(H,27,31). The number of rotatable bonds is 11. The van der Waals surface area contributed by atoms with Crippen molar-refractivity contribution in [2.45, 2.75) is 51.9 Å². The number of methoxy groups -OCH3 is 1. The highest BCUT2D eigenvalue weighted by atomic mass is 32.2. The lowest BCUT2D eigenvalue weighted by atomic mass is 10.1. The van der Waals surface area contributed by atoms with Crippen LogP contribution in [0.15, 0.2) is 47.6 Å². The summed E-state index contributed by atoms with van der Waals surface area (Å²) in [5.41, 5.74) is 3.47. The van der Waals surface area contributed by atoms with E-state index in [9.17, 15) is 9.59 Å². The molecule has 180 valence electrons. The molecule has 0 fully saturated rings. The zero-order chi connectivity index (χ0) is 24.5. The van der Waals surface area contributed by atoms with Gasteiger partial charge in [-0.15, -0.1) is 10.2 Å². The molecule has 0 unspecified atom stereocenters. The topological polar surface area (TPSA) is 98.1 Å². The van der Waals surface area contributed by atoms with Gasteiger partial charge in [-0.2, -0.15) is 0 Å². The third-order valence-corrected chi connectivity index (χ3v) is 6.25. The molecule has 0 spiro atoms. The summed E-state index contributed by atoms with van der Waals surface area (Å²) in [7, 11) is 1.58. The number of aromatic nitrogens is 3. The maximum absolute atomic E-state index is 12.5. The highest BCUT2D eigenvalue weighted by Crippen LogP contribution is 2.21. The van der Waals surface area contributed by atoms with Crippen LogP contribution >= 0.6 is 11.8 Å². The van der Waals surface area contributed by atoms with Crippen LogP contribution in [0.2, 0.25) is 0 Å². The summed E-state index contributed by atoms with van der Waals surface area (Å²) in [5, 5.41) is 15.1. The molecule has 1 heterocycles. The predicted octanol–water partition coefficient (Wildman–Crippen LogP) is 4.36. The molecule has 0 saturated carbocycles. The molecule has 9 heteroatoms. The molecule has 1 aromatic heterocycles. The second kappa shape index (κ2) is 12.2. The van der Waals surface area contributed by atoms with E-state index in [1.165, 1.54) is 11.8 Å². The van der Waals surface area contributed by atoms with Gasteiger partial charge in [0.1, 0.15) is 5.75 Å². The first-order valence-electron chi connectivity index (χ1n) is 11.3. The molecule has 8 nitrogen and oxygen atoms in total. The fraction of sp³-hybridized carbons (Fsp3) is 0.360. The first-order valence-corrected chi connectivity index (χ1v) is 12.2. The molecule has 0 aliphatic carbocycles. The van der Waals surface area contributed by atoms with E-state index < -0.39 is 0 Å². The number of thioether (sulfide) groups is 1. The monoisotopic (exact) mass is 481 g/mol. The Morgan fingerprint density at radius 3 is 2.56 bits per heavy atom. The average molecular weight is 482 g/mol. The van der Waals surface area contributed by atoms with Crippen LogP contribution in [0.3, 0.4) is 0 Å². The summed E-state index contributed by atoms with van der Waals surface area (Å²) < 4.78 is 7.11. The Morgan fingerprint density at radius 1 is 1.09 bits per heavy atom. The summed E-state index contributed by atoms with van der Waals surface area (Å²) in [6.45, 7) is 7.04. The van der Waals surface area contributed by atoms with Gasteiger partial charge in [-0.1, -0.05) is 37.2 Å². The van der Waals surface area contributed by atoms with Gasteiger partial charge in [0.25, 0.3) is 5.91 Å². The number of carbonyl (C=O) groups excluding carboxylic acids is 2. The lowest BCUT2D eigenvalue weighted by Gasteiger charge is -2.11. The number of ether oxygens (including phenoxy) is 1. The van der Waals surface area contributed by atoms with Crippen molar-refractivity contribution in [3.05, 3.63) is 65.0 Å². The molecule has 3 aromatic rings. The molecule has 0 aliphatic rings. The van der Waals surface area contributed by atoms with Crippen LogP contribution < -0.4 is 15.4 Å². The van der Waals surface area contributed by atoms with Gasteiger partial charge in [0, 0.05) is 17.8 Å². The molecule has 34 heavy (non-hydrogen) atoms.